The van der Waals surface area contributed by atoms with E-state index in [1.807, 2.05) is 0 Å². The SMILES string of the molecule is C[C@@H]1[C@H](C(=O)O)CCCN1C(=O)CCNC(=O)c1ccco1. The number of nitrogens with zero attached hydrogens (tertiary/aromatic N) is 1. The maximum atomic E-state index is 12.2. The lowest BCUT2D eigenvalue weighted by atomic mass is 9.90. The van der Waals surface area contributed by atoms with Gasteiger partial charge in [0.1, 0.15) is 0 Å². The third-order valence-corrected chi connectivity index (χ3v) is 4.00. The molecule has 0 bridgehead atoms. The molecule has 0 unspecified atom stereocenters. The zero-order valence-corrected chi connectivity index (χ0v) is 12.4. The van der Waals surface area contributed by atoms with Gasteiger partial charge in [-0.05, 0) is 31.9 Å². The molecule has 0 spiro atoms. The van der Waals surface area contributed by atoms with E-state index in [2.05, 4.69) is 5.32 Å². The monoisotopic (exact) mass is 308 g/mol. The Balaban J connectivity index is 1.81. The van der Waals surface area contributed by atoms with Crippen molar-refractivity contribution < 1.29 is 23.9 Å². The minimum Gasteiger partial charge on any atom is -0.481 e. The van der Waals surface area contributed by atoms with Crippen LogP contribution in [0.15, 0.2) is 22.8 Å². The molecule has 0 aromatic carbocycles. The quantitative estimate of drug-likeness (QED) is 0.849. The number of hydrogen-bond acceptors (Lipinski definition) is 4. The molecular formula is C15H20N2O5. The molecule has 1 aromatic heterocycles. The topological polar surface area (TPSA) is 99.9 Å². The van der Waals surface area contributed by atoms with Crippen molar-refractivity contribution in [2.45, 2.75) is 32.2 Å². The minimum atomic E-state index is -0.865. The molecule has 2 heterocycles. The fourth-order valence-corrected chi connectivity index (χ4v) is 2.75. The molecule has 7 nitrogen and oxygen atoms in total. The lowest BCUT2D eigenvalue weighted by molar-refractivity contribution is -0.149. The Morgan fingerprint density at radius 2 is 2.23 bits per heavy atom. The van der Waals surface area contributed by atoms with Gasteiger partial charge in [0.15, 0.2) is 5.76 Å². The minimum absolute atomic E-state index is 0.141. The summed E-state index contributed by atoms with van der Waals surface area (Å²) in [5, 5.41) is 11.8. The summed E-state index contributed by atoms with van der Waals surface area (Å²) >= 11 is 0. The molecule has 2 atom stereocenters. The zero-order chi connectivity index (χ0) is 16.1. The van der Waals surface area contributed by atoms with Gasteiger partial charge in [-0.25, -0.2) is 0 Å². The Morgan fingerprint density at radius 1 is 1.45 bits per heavy atom. The zero-order valence-electron chi connectivity index (χ0n) is 12.4. The van der Waals surface area contributed by atoms with Crippen LogP contribution in [0.1, 0.15) is 36.7 Å². The molecule has 0 radical (unpaired) electrons. The molecule has 1 fully saturated rings. The van der Waals surface area contributed by atoms with Crippen LogP contribution < -0.4 is 5.32 Å². The molecule has 0 saturated carbocycles. The first-order valence-corrected chi connectivity index (χ1v) is 7.34. The van der Waals surface area contributed by atoms with Crippen LogP contribution >= 0.6 is 0 Å². The van der Waals surface area contributed by atoms with Crippen LogP contribution in [0.2, 0.25) is 0 Å². The molecule has 1 aromatic rings. The predicted octanol–water partition coefficient (Wildman–Crippen LogP) is 1.11. The molecule has 2 N–H and O–H groups in total. The van der Waals surface area contributed by atoms with Crippen molar-refractivity contribution in [2.24, 2.45) is 5.92 Å². The normalized spacial score (nSPS) is 21.4. The summed E-state index contributed by atoms with van der Waals surface area (Å²) in [7, 11) is 0. The van der Waals surface area contributed by atoms with Crippen molar-refractivity contribution in [1.29, 1.82) is 0 Å². The van der Waals surface area contributed by atoms with Gasteiger partial charge in [-0.3, -0.25) is 14.4 Å². The van der Waals surface area contributed by atoms with Crippen LogP contribution in [-0.2, 0) is 9.59 Å². The number of hydrogen-bond donors (Lipinski definition) is 2. The van der Waals surface area contributed by atoms with Gasteiger partial charge < -0.3 is 19.7 Å². The number of carboxylic acid groups (broad SMARTS) is 1. The van der Waals surface area contributed by atoms with Gasteiger partial charge in [0.2, 0.25) is 5.91 Å². The van der Waals surface area contributed by atoms with Crippen LogP contribution in [0.3, 0.4) is 0 Å². The maximum absolute atomic E-state index is 12.2. The van der Waals surface area contributed by atoms with E-state index in [0.717, 1.165) is 0 Å². The first-order chi connectivity index (χ1) is 10.5. The molecule has 1 aliphatic rings. The average Bonchev–Trinajstić information content (AvgIpc) is 3.01. The number of piperidine rings is 1. The fraction of sp³-hybridized carbons (Fsp3) is 0.533. The van der Waals surface area contributed by atoms with Crippen LogP contribution in [0.5, 0.6) is 0 Å². The van der Waals surface area contributed by atoms with E-state index in [-0.39, 0.29) is 36.6 Å². The van der Waals surface area contributed by atoms with Gasteiger partial charge in [-0.2, -0.15) is 0 Å². The average molecular weight is 308 g/mol. The molecule has 2 rings (SSSR count). The highest BCUT2D eigenvalue weighted by Crippen LogP contribution is 2.24. The van der Waals surface area contributed by atoms with Crippen molar-refractivity contribution in [3.8, 4) is 0 Å². The molecule has 2 amide bonds. The van der Waals surface area contributed by atoms with Crippen LogP contribution in [0.25, 0.3) is 0 Å². The predicted molar refractivity (Wildman–Crippen MR) is 77.2 cm³/mol. The van der Waals surface area contributed by atoms with Crippen molar-refractivity contribution in [3.05, 3.63) is 24.2 Å². The summed E-state index contributed by atoms with van der Waals surface area (Å²) in [4.78, 5) is 36.6. The number of carbonyl (C=O) groups is 3. The number of amides is 2. The van der Waals surface area contributed by atoms with Crippen molar-refractivity contribution in [1.82, 2.24) is 10.2 Å². The van der Waals surface area contributed by atoms with E-state index in [0.29, 0.717) is 19.4 Å². The van der Waals surface area contributed by atoms with E-state index in [9.17, 15) is 14.4 Å². The third-order valence-electron chi connectivity index (χ3n) is 4.00. The largest absolute Gasteiger partial charge is 0.481 e. The van der Waals surface area contributed by atoms with Crippen molar-refractivity contribution in [2.75, 3.05) is 13.1 Å². The summed E-state index contributed by atoms with van der Waals surface area (Å²) in [5.41, 5.74) is 0. The molecule has 1 aliphatic heterocycles. The van der Waals surface area contributed by atoms with Crippen LogP contribution in [0, 0.1) is 5.92 Å². The number of carboxylic acids is 1. The second-order valence-electron chi connectivity index (χ2n) is 5.40. The highest BCUT2D eigenvalue weighted by Gasteiger charge is 2.34. The second-order valence-corrected chi connectivity index (χ2v) is 5.40. The van der Waals surface area contributed by atoms with E-state index in [1.54, 1.807) is 24.0 Å². The number of rotatable bonds is 5. The summed E-state index contributed by atoms with van der Waals surface area (Å²) in [5.74, 6) is -1.69. The van der Waals surface area contributed by atoms with Crippen LogP contribution in [-0.4, -0.2) is 46.9 Å². The van der Waals surface area contributed by atoms with Crippen molar-refractivity contribution in [3.63, 3.8) is 0 Å². The standard InChI is InChI=1S/C15H20N2O5/c1-10-11(15(20)21)4-2-8-17(10)13(18)6-7-16-14(19)12-5-3-9-22-12/h3,5,9-11H,2,4,6-8H2,1H3,(H,16,19)(H,20,21)/t10-,11-/m1/s1. The molecule has 120 valence electrons. The molecular weight excluding hydrogens is 288 g/mol. The Hall–Kier alpha value is -2.31. The smallest absolute Gasteiger partial charge is 0.308 e. The van der Waals surface area contributed by atoms with Gasteiger partial charge in [-0.15, -0.1) is 0 Å². The summed E-state index contributed by atoms with van der Waals surface area (Å²) in [6, 6.07) is 2.84. The first-order valence-electron chi connectivity index (χ1n) is 7.34. The Kier molecular flexibility index (Phi) is 5.19. The summed E-state index contributed by atoms with van der Waals surface area (Å²) < 4.78 is 4.95. The van der Waals surface area contributed by atoms with Gasteiger partial charge >= 0.3 is 5.97 Å². The number of likely N-dealkylation sites (tertiary alicyclic amines) is 1. The van der Waals surface area contributed by atoms with E-state index in [4.69, 9.17) is 9.52 Å². The maximum Gasteiger partial charge on any atom is 0.308 e. The Bertz CT molecular complexity index is 540. The lowest BCUT2D eigenvalue weighted by Crippen LogP contribution is -2.49. The first kappa shape index (κ1) is 16.1. The molecule has 22 heavy (non-hydrogen) atoms. The molecule has 1 saturated heterocycles. The number of nitrogens with one attached hydrogen (secondary N) is 1. The highest BCUT2D eigenvalue weighted by atomic mass is 16.4. The number of aliphatic carboxylic acids is 1. The van der Waals surface area contributed by atoms with Gasteiger partial charge in [-0.1, -0.05) is 0 Å². The highest BCUT2D eigenvalue weighted by molar-refractivity contribution is 5.91. The van der Waals surface area contributed by atoms with Crippen molar-refractivity contribution >= 4 is 17.8 Å². The molecule has 0 aliphatic carbocycles. The van der Waals surface area contributed by atoms with E-state index in [1.165, 1.54) is 6.26 Å². The summed E-state index contributed by atoms with van der Waals surface area (Å²) in [6.45, 7) is 2.52. The summed E-state index contributed by atoms with van der Waals surface area (Å²) in [6.07, 6.45) is 2.83. The fourth-order valence-electron chi connectivity index (χ4n) is 2.75. The number of carbonyl (C=O) groups excluding carboxylic acids is 2. The lowest BCUT2D eigenvalue weighted by Gasteiger charge is -2.37. The second kappa shape index (κ2) is 7.11. The van der Waals surface area contributed by atoms with Gasteiger partial charge in [0.05, 0.1) is 12.2 Å². The van der Waals surface area contributed by atoms with Crippen LogP contribution in [0.4, 0.5) is 0 Å². The Labute approximate surface area is 128 Å². The Morgan fingerprint density at radius 3 is 2.86 bits per heavy atom. The molecule has 7 heteroatoms. The third kappa shape index (κ3) is 3.66. The van der Waals surface area contributed by atoms with Gasteiger partial charge in [0, 0.05) is 25.6 Å². The van der Waals surface area contributed by atoms with E-state index >= 15 is 0 Å². The van der Waals surface area contributed by atoms with Gasteiger partial charge in [0.25, 0.3) is 5.91 Å². The van der Waals surface area contributed by atoms with E-state index < -0.39 is 11.9 Å². The number of furan rings is 1.